The molecule has 0 amide bonds. The van der Waals surface area contributed by atoms with Gasteiger partial charge in [-0.1, -0.05) is 45.8 Å². The molecule has 0 aliphatic heterocycles. The highest BCUT2D eigenvalue weighted by molar-refractivity contribution is 5.00. The lowest BCUT2D eigenvalue weighted by molar-refractivity contribution is 0.500. The number of allylic oxidation sites excluding steroid dienone is 2. The summed E-state index contributed by atoms with van der Waals surface area (Å²) >= 11 is 0. The normalized spacial score (nSPS) is 15.3. The minimum absolute atomic E-state index is 0.738. The number of rotatable bonds is 5. The average molecular weight is 168 g/mol. The van der Waals surface area contributed by atoms with E-state index < -0.39 is 0 Å². The first-order chi connectivity index (χ1) is 5.57. The molecular formula is C12H24. The molecule has 0 aliphatic rings. The lowest BCUT2D eigenvalue weighted by Crippen LogP contribution is -2.00. The van der Waals surface area contributed by atoms with E-state index in [-0.39, 0.29) is 0 Å². The first-order valence-corrected chi connectivity index (χ1v) is 5.25. The van der Waals surface area contributed by atoms with Crippen molar-refractivity contribution in [1.29, 1.82) is 0 Å². The Morgan fingerprint density at radius 2 is 1.83 bits per heavy atom. The highest BCUT2D eigenvalue weighted by atomic mass is 14.1. The number of unbranched alkanes of at least 4 members (excludes halogenated alkanes) is 1. The molecule has 1 unspecified atom stereocenters. The molecule has 0 saturated heterocycles. The van der Waals surface area contributed by atoms with Crippen LogP contribution in [-0.2, 0) is 0 Å². The van der Waals surface area contributed by atoms with Crippen LogP contribution < -0.4 is 0 Å². The molecule has 0 rings (SSSR count). The number of hydrogen-bond acceptors (Lipinski definition) is 0. The quantitative estimate of drug-likeness (QED) is 0.533. The molecule has 0 N–H and O–H groups in total. The zero-order valence-corrected chi connectivity index (χ0v) is 9.35. The molecule has 0 radical (unpaired) electrons. The molecule has 0 nitrogen and oxygen atoms in total. The van der Waals surface area contributed by atoms with E-state index in [1.165, 1.54) is 19.3 Å². The largest absolute Gasteiger partial charge is 0.0825 e. The third-order valence-electron chi connectivity index (χ3n) is 2.52. The van der Waals surface area contributed by atoms with Crippen molar-refractivity contribution in [2.75, 3.05) is 0 Å². The fraction of sp³-hybridized carbons (Fsp3) is 0.833. The Morgan fingerprint density at radius 1 is 1.25 bits per heavy atom. The smallest absolute Gasteiger partial charge is 0.0236 e. The molecule has 0 spiro atoms. The molecule has 12 heavy (non-hydrogen) atoms. The Labute approximate surface area is 78.1 Å². The van der Waals surface area contributed by atoms with Crippen LogP contribution in [0, 0.1) is 11.8 Å². The standard InChI is InChI=1S/C12H24/c1-6-7-8-11(4)9-12(5)10(2)3/h9-10,12H,6-8H2,1-5H3. The van der Waals surface area contributed by atoms with Crippen LogP contribution in [0.2, 0.25) is 0 Å². The van der Waals surface area contributed by atoms with Gasteiger partial charge in [-0.25, -0.2) is 0 Å². The van der Waals surface area contributed by atoms with Crippen LogP contribution >= 0.6 is 0 Å². The van der Waals surface area contributed by atoms with Crippen molar-refractivity contribution < 1.29 is 0 Å². The van der Waals surface area contributed by atoms with Crippen LogP contribution in [0.3, 0.4) is 0 Å². The van der Waals surface area contributed by atoms with E-state index in [1.54, 1.807) is 5.57 Å². The van der Waals surface area contributed by atoms with Gasteiger partial charge in [-0.3, -0.25) is 0 Å². The Bertz CT molecular complexity index is 131. The van der Waals surface area contributed by atoms with Crippen LogP contribution in [0.5, 0.6) is 0 Å². The second-order valence-electron chi connectivity index (χ2n) is 4.22. The topological polar surface area (TPSA) is 0 Å². The monoisotopic (exact) mass is 168 g/mol. The van der Waals surface area contributed by atoms with Crippen LogP contribution in [-0.4, -0.2) is 0 Å². The third kappa shape index (κ3) is 5.40. The Morgan fingerprint density at radius 3 is 2.25 bits per heavy atom. The maximum Gasteiger partial charge on any atom is -0.0236 e. The van der Waals surface area contributed by atoms with Gasteiger partial charge in [0.15, 0.2) is 0 Å². The van der Waals surface area contributed by atoms with E-state index in [2.05, 4.69) is 40.7 Å². The summed E-state index contributed by atoms with van der Waals surface area (Å²) in [5, 5.41) is 0. The maximum atomic E-state index is 2.43. The third-order valence-corrected chi connectivity index (χ3v) is 2.52. The molecule has 0 aromatic rings. The minimum atomic E-state index is 0.738. The molecule has 0 bridgehead atoms. The van der Waals surface area contributed by atoms with Crippen LogP contribution in [0.25, 0.3) is 0 Å². The van der Waals surface area contributed by atoms with Gasteiger partial charge >= 0.3 is 0 Å². The molecule has 0 heterocycles. The summed E-state index contributed by atoms with van der Waals surface area (Å²) in [5.41, 5.74) is 1.57. The second kappa shape index (κ2) is 6.28. The lowest BCUT2D eigenvalue weighted by atomic mass is 9.94. The molecule has 0 saturated carbocycles. The van der Waals surface area contributed by atoms with E-state index in [9.17, 15) is 0 Å². The van der Waals surface area contributed by atoms with Gasteiger partial charge in [0.1, 0.15) is 0 Å². The Balaban J connectivity index is 3.80. The minimum Gasteiger partial charge on any atom is -0.0825 e. The van der Waals surface area contributed by atoms with Gasteiger partial charge in [-0.05, 0) is 31.6 Å². The van der Waals surface area contributed by atoms with Crippen LogP contribution in [0.1, 0.15) is 53.9 Å². The highest BCUT2D eigenvalue weighted by Crippen LogP contribution is 2.16. The van der Waals surface area contributed by atoms with Gasteiger partial charge in [0.05, 0.1) is 0 Å². The predicted molar refractivity (Wildman–Crippen MR) is 57.3 cm³/mol. The molecule has 1 atom stereocenters. The summed E-state index contributed by atoms with van der Waals surface area (Å²) in [6.45, 7) is 11.4. The zero-order chi connectivity index (χ0) is 9.56. The van der Waals surface area contributed by atoms with E-state index in [0.717, 1.165) is 11.8 Å². The zero-order valence-electron chi connectivity index (χ0n) is 9.35. The van der Waals surface area contributed by atoms with Gasteiger partial charge in [0.2, 0.25) is 0 Å². The van der Waals surface area contributed by atoms with Gasteiger partial charge in [0, 0.05) is 0 Å². The van der Waals surface area contributed by atoms with Crippen molar-refractivity contribution in [3.8, 4) is 0 Å². The molecule has 0 aromatic carbocycles. The summed E-state index contributed by atoms with van der Waals surface area (Å²) in [6.07, 6.45) is 6.36. The Kier molecular flexibility index (Phi) is 6.14. The average Bonchev–Trinajstić information content (AvgIpc) is 2.00. The van der Waals surface area contributed by atoms with Gasteiger partial charge in [-0.2, -0.15) is 0 Å². The molecule has 0 aliphatic carbocycles. The molecule has 0 fully saturated rings. The van der Waals surface area contributed by atoms with Crippen LogP contribution in [0.15, 0.2) is 11.6 Å². The summed E-state index contributed by atoms with van der Waals surface area (Å²) in [6, 6.07) is 0. The fourth-order valence-electron chi connectivity index (χ4n) is 1.18. The molecule has 0 aromatic heterocycles. The van der Waals surface area contributed by atoms with Crippen molar-refractivity contribution in [2.24, 2.45) is 11.8 Å². The van der Waals surface area contributed by atoms with Crippen molar-refractivity contribution in [2.45, 2.75) is 53.9 Å². The summed E-state index contributed by atoms with van der Waals surface area (Å²) in [4.78, 5) is 0. The van der Waals surface area contributed by atoms with E-state index in [4.69, 9.17) is 0 Å². The molecule has 0 heteroatoms. The summed E-state index contributed by atoms with van der Waals surface area (Å²) in [7, 11) is 0. The summed E-state index contributed by atoms with van der Waals surface area (Å²) < 4.78 is 0. The van der Waals surface area contributed by atoms with E-state index in [1.807, 2.05) is 0 Å². The first-order valence-electron chi connectivity index (χ1n) is 5.25. The molecule has 72 valence electrons. The highest BCUT2D eigenvalue weighted by Gasteiger charge is 2.03. The first kappa shape index (κ1) is 11.7. The lowest BCUT2D eigenvalue weighted by Gasteiger charge is -2.11. The Hall–Kier alpha value is -0.260. The predicted octanol–water partition coefficient (Wildman–Crippen LogP) is 4.42. The second-order valence-corrected chi connectivity index (χ2v) is 4.22. The fourth-order valence-corrected chi connectivity index (χ4v) is 1.18. The van der Waals surface area contributed by atoms with Crippen molar-refractivity contribution in [3.63, 3.8) is 0 Å². The van der Waals surface area contributed by atoms with Gasteiger partial charge in [0.25, 0.3) is 0 Å². The maximum absolute atomic E-state index is 2.43. The van der Waals surface area contributed by atoms with Crippen molar-refractivity contribution in [1.82, 2.24) is 0 Å². The molecular weight excluding hydrogens is 144 g/mol. The van der Waals surface area contributed by atoms with Gasteiger partial charge in [-0.15, -0.1) is 0 Å². The summed E-state index contributed by atoms with van der Waals surface area (Å²) in [5.74, 6) is 1.52. The van der Waals surface area contributed by atoms with E-state index in [0.29, 0.717) is 0 Å². The number of hydrogen-bond donors (Lipinski definition) is 0. The van der Waals surface area contributed by atoms with E-state index >= 15 is 0 Å². The van der Waals surface area contributed by atoms with Gasteiger partial charge < -0.3 is 0 Å². The van der Waals surface area contributed by atoms with Crippen LogP contribution in [0.4, 0.5) is 0 Å². The van der Waals surface area contributed by atoms with Crippen molar-refractivity contribution in [3.05, 3.63) is 11.6 Å². The SMILES string of the molecule is CCCCC(C)=CC(C)C(C)C. The van der Waals surface area contributed by atoms with Crippen molar-refractivity contribution >= 4 is 0 Å².